The van der Waals surface area contributed by atoms with Gasteiger partial charge in [-0.3, -0.25) is 0 Å². The minimum atomic E-state index is -2.90. The summed E-state index contributed by atoms with van der Waals surface area (Å²) in [6.45, 7) is 2.85. The maximum absolute atomic E-state index is 11.5. The van der Waals surface area contributed by atoms with E-state index in [2.05, 4.69) is 0 Å². The Morgan fingerprint density at radius 2 is 2.22 bits per heavy atom. The average molecular weight is 289 g/mol. The molecule has 2 N–H and O–H groups in total. The highest BCUT2D eigenvalue weighted by Gasteiger charge is 2.29. The number of hydrogen-bond donors (Lipinski definition) is 1. The molecule has 1 aliphatic heterocycles. The van der Waals surface area contributed by atoms with Gasteiger partial charge in [0.1, 0.15) is 0 Å². The highest BCUT2D eigenvalue weighted by molar-refractivity contribution is 7.91. The summed E-state index contributed by atoms with van der Waals surface area (Å²) in [6, 6.07) is 5.63. The molecule has 6 heteroatoms. The molecule has 0 radical (unpaired) electrons. The number of nitrogens with two attached hydrogens (primary N) is 1. The fraction of sp³-hybridized carbons (Fsp3) is 0.500. The van der Waals surface area contributed by atoms with E-state index < -0.39 is 9.84 Å². The molecule has 0 bridgehead atoms. The molecule has 0 saturated carbocycles. The molecule has 0 amide bonds. The Bertz CT molecular complexity index is 545. The minimum absolute atomic E-state index is 0.0509. The molecular weight excluding hydrogens is 272 g/mol. The Balaban J connectivity index is 2.27. The van der Waals surface area contributed by atoms with Crippen LogP contribution in [-0.4, -0.2) is 32.5 Å². The van der Waals surface area contributed by atoms with E-state index in [4.69, 9.17) is 17.3 Å². The topological polar surface area (TPSA) is 63.4 Å². The first-order chi connectivity index (χ1) is 8.43. The van der Waals surface area contributed by atoms with Gasteiger partial charge in [0.05, 0.1) is 22.2 Å². The van der Waals surface area contributed by atoms with E-state index in [9.17, 15) is 8.42 Å². The van der Waals surface area contributed by atoms with Crippen LogP contribution >= 0.6 is 11.6 Å². The first-order valence-electron chi connectivity index (χ1n) is 5.88. The molecule has 1 unspecified atom stereocenters. The summed E-state index contributed by atoms with van der Waals surface area (Å²) in [4.78, 5) is 2.05. The second kappa shape index (κ2) is 5.07. The number of sulfone groups is 1. The van der Waals surface area contributed by atoms with Gasteiger partial charge in [0, 0.05) is 19.1 Å². The van der Waals surface area contributed by atoms with Crippen molar-refractivity contribution in [1.82, 2.24) is 0 Å². The van der Waals surface area contributed by atoms with Crippen LogP contribution in [0.1, 0.15) is 12.5 Å². The van der Waals surface area contributed by atoms with E-state index in [0.717, 1.165) is 11.3 Å². The molecule has 1 heterocycles. The van der Waals surface area contributed by atoms with Gasteiger partial charge in [-0.25, -0.2) is 8.42 Å². The SMILES string of the molecule is CC1CS(=O)(=O)CCN1c1ccc(CN)cc1Cl. The van der Waals surface area contributed by atoms with Gasteiger partial charge in [0.15, 0.2) is 9.84 Å². The Morgan fingerprint density at radius 1 is 1.50 bits per heavy atom. The Kier molecular flexibility index (Phi) is 3.84. The van der Waals surface area contributed by atoms with Crippen LogP contribution in [0, 0.1) is 0 Å². The monoisotopic (exact) mass is 288 g/mol. The van der Waals surface area contributed by atoms with Gasteiger partial charge in [-0.05, 0) is 24.6 Å². The number of rotatable bonds is 2. The van der Waals surface area contributed by atoms with Crippen molar-refractivity contribution >= 4 is 27.1 Å². The van der Waals surface area contributed by atoms with Gasteiger partial charge < -0.3 is 10.6 Å². The van der Waals surface area contributed by atoms with Crippen LogP contribution in [0.4, 0.5) is 5.69 Å². The second-order valence-electron chi connectivity index (χ2n) is 4.65. The molecule has 0 aliphatic carbocycles. The van der Waals surface area contributed by atoms with Crippen molar-refractivity contribution in [1.29, 1.82) is 0 Å². The van der Waals surface area contributed by atoms with Gasteiger partial charge in [0.25, 0.3) is 0 Å². The Labute approximate surface area is 113 Å². The zero-order valence-electron chi connectivity index (χ0n) is 10.3. The van der Waals surface area contributed by atoms with Gasteiger partial charge in [-0.1, -0.05) is 17.7 Å². The van der Waals surface area contributed by atoms with Crippen LogP contribution in [0.15, 0.2) is 18.2 Å². The van der Waals surface area contributed by atoms with Crippen molar-refractivity contribution in [2.24, 2.45) is 5.73 Å². The molecule has 2 rings (SSSR count). The Hall–Kier alpha value is -0.780. The molecule has 100 valence electrons. The van der Waals surface area contributed by atoms with Gasteiger partial charge >= 0.3 is 0 Å². The third-order valence-electron chi connectivity index (χ3n) is 3.23. The summed E-state index contributed by atoms with van der Waals surface area (Å²) < 4.78 is 23.1. The highest BCUT2D eigenvalue weighted by Crippen LogP contribution is 2.30. The standard InChI is InChI=1S/C12H17ClN2O2S/c1-9-8-18(16,17)5-4-15(9)12-3-2-10(7-14)6-11(12)13/h2-3,6,9H,4-5,7-8,14H2,1H3. The summed E-state index contributed by atoms with van der Waals surface area (Å²) >= 11 is 6.23. The van der Waals surface area contributed by atoms with E-state index >= 15 is 0 Å². The molecule has 0 aromatic heterocycles. The molecule has 0 spiro atoms. The molecule has 1 atom stereocenters. The molecule has 1 fully saturated rings. The van der Waals surface area contributed by atoms with Crippen molar-refractivity contribution in [3.05, 3.63) is 28.8 Å². The lowest BCUT2D eigenvalue weighted by Crippen LogP contribution is -2.47. The van der Waals surface area contributed by atoms with E-state index in [1.807, 2.05) is 30.0 Å². The summed E-state index contributed by atoms with van der Waals surface area (Å²) in [5.74, 6) is 0.369. The predicted molar refractivity (Wildman–Crippen MR) is 74.8 cm³/mol. The van der Waals surface area contributed by atoms with Gasteiger partial charge in [-0.15, -0.1) is 0 Å². The van der Waals surface area contributed by atoms with Crippen LogP contribution in [0.5, 0.6) is 0 Å². The maximum Gasteiger partial charge on any atom is 0.154 e. The number of nitrogens with zero attached hydrogens (tertiary/aromatic N) is 1. The number of benzene rings is 1. The van der Waals surface area contributed by atoms with Crippen LogP contribution in [-0.2, 0) is 16.4 Å². The smallest absolute Gasteiger partial charge is 0.154 e. The van der Waals surface area contributed by atoms with E-state index in [0.29, 0.717) is 18.1 Å². The number of halogens is 1. The van der Waals surface area contributed by atoms with Crippen LogP contribution < -0.4 is 10.6 Å². The predicted octanol–water partition coefficient (Wildman–Crippen LogP) is 1.42. The molecule has 18 heavy (non-hydrogen) atoms. The third kappa shape index (κ3) is 2.79. The fourth-order valence-corrected chi connectivity index (χ4v) is 4.13. The van der Waals surface area contributed by atoms with Crippen molar-refractivity contribution in [3.8, 4) is 0 Å². The van der Waals surface area contributed by atoms with Crippen molar-refractivity contribution in [3.63, 3.8) is 0 Å². The average Bonchev–Trinajstić information content (AvgIpc) is 2.29. The zero-order chi connectivity index (χ0) is 13.3. The van der Waals surface area contributed by atoms with Gasteiger partial charge in [0.2, 0.25) is 0 Å². The van der Waals surface area contributed by atoms with Crippen molar-refractivity contribution in [2.45, 2.75) is 19.5 Å². The normalized spacial score (nSPS) is 23.1. The highest BCUT2D eigenvalue weighted by atomic mass is 35.5. The summed E-state index contributed by atoms with van der Waals surface area (Å²) in [5.41, 5.74) is 7.42. The molecule has 1 aromatic carbocycles. The lowest BCUT2D eigenvalue weighted by molar-refractivity contribution is 0.568. The van der Waals surface area contributed by atoms with Crippen LogP contribution in [0.2, 0.25) is 5.02 Å². The number of anilines is 1. The lowest BCUT2D eigenvalue weighted by Gasteiger charge is -2.35. The lowest BCUT2D eigenvalue weighted by atomic mass is 10.1. The first-order valence-corrected chi connectivity index (χ1v) is 8.08. The summed E-state index contributed by atoms with van der Waals surface area (Å²) in [5, 5.41) is 0.629. The molecule has 1 aromatic rings. The largest absolute Gasteiger partial charge is 0.366 e. The molecule has 1 saturated heterocycles. The molecule has 4 nitrogen and oxygen atoms in total. The molecular formula is C12H17ClN2O2S. The third-order valence-corrected chi connectivity index (χ3v) is 5.33. The van der Waals surface area contributed by atoms with Crippen molar-refractivity contribution in [2.75, 3.05) is 23.0 Å². The zero-order valence-corrected chi connectivity index (χ0v) is 11.8. The van der Waals surface area contributed by atoms with E-state index in [1.165, 1.54) is 0 Å². The maximum atomic E-state index is 11.5. The van der Waals surface area contributed by atoms with E-state index in [1.54, 1.807) is 0 Å². The number of hydrogen-bond acceptors (Lipinski definition) is 4. The van der Waals surface area contributed by atoms with Crippen LogP contribution in [0.25, 0.3) is 0 Å². The summed E-state index contributed by atoms with van der Waals surface area (Å²) in [7, 11) is -2.90. The van der Waals surface area contributed by atoms with Gasteiger partial charge in [-0.2, -0.15) is 0 Å². The second-order valence-corrected chi connectivity index (χ2v) is 7.28. The molecule has 1 aliphatic rings. The minimum Gasteiger partial charge on any atom is -0.366 e. The van der Waals surface area contributed by atoms with Crippen molar-refractivity contribution < 1.29 is 8.42 Å². The van der Waals surface area contributed by atoms with Crippen LogP contribution in [0.3, 0.4) is 0 Å². The summed E-state index contributed by atoms with van der Waals surface area (Å²) in [6.07, 6.45) is 0. The Morgan fingerprint density at radius 3 is 2.78 bits per heavy atom. The first kappa shape index (κ1) is 13.6. The van der Waals surface area contributed by atoms with E-state index in [-0.39, 0.29) is 17.5 Å². The quantitative estimate of drug-likeness (QED) is 0.894. The fourth-order valence-electron chi connectivity index (χ4n) is 2.27.